The molecule has 100 valence electrons. The molecule has 0 fully saturated rings. The van der Waals surface area contributed by atoms with Crippen LogP contribution in [0.15, 0.2) is 42.7 Å². The standard InChI is InChI=1S/C15H16F2N2/c16-8-3-6-13(17)11-12-5-1-2-7-14(12)15-18-9-4-10-19-15/h1-2,4-5,7,9-10,13H,3,6,8,11H2. The normalized spacial score (nSPS) is 12.3. The lowest BCUT2D eigenvalue weighted by molar-refractivity contribution is 0.293. The van der Waals surface area contributed by atoms with Gasteiger partial charge in [0.15, 0.2) is 5.82 Å². The second kappa shape index (κ2) is 6.92. The van der Waals surface area contributed by atoms with Gasteiger partial charge in [0.05, 0.1) is 6.67 Å². The Bertz CT molecular complexity index is 503. The second-order valence-electron chi connectivity index (χ2n) is 4.36. The molecule has 2 nitrogen and oxygen atoms in total. The zero-order valence-corrected chi connectivity index (χ0v) is 10.6. The van der Waals surface area contributed by atoms with Gasteiger partial charge in [-0.2, -0.15) is 0 Å². The lowest BCUT2D eigenvalue weighted by atomic mass is 9.99. The van der Waals surface area contributed by atoms with Gasteiger partial charge in [0.25, 0.3) is 0 Å². The van der Waals surface area contributed by atoms with Gasteiger partial charge in [-0.15, -0.1) is 0 Å². The summed E-state index contributed by atoms with van der Waals surface area (Å²) >= 11 is 0. The Kier molecular flexibility index (Phi) is 4.95. The van der Waals surface area contributed by atoms with E-state index >= 15 is 0 Å². The molecular formula is C15H16F2N2. The summed E-state index contributed by atoms with van der Waals surface area (Å²) in [7, 11) is 0. The summed E-state index contributed by atoms with van der Waals surface area (Å²) < 4.78 is 25.8. The van der Waals surface area contributed by atoms with E-state index in [0.717, 1.165) is 11.1 Å². The van der Waals surface area contributed by atoms with Gasteiger partial charge in [-0.05, 0) is 24.5 Å². The number of halogens is 2. The Morgan fingerprint density at radius 3 is 2.53 bits per heavy atom. The van der Waals surface area contributed by atoms with Crippen molar-refractivity contribution < 1.29 is 8.78 Å². The lowest BCUT2D eigenvalue weighted by Gasteiger charge is -2.11. The van der Waals surface area contributed by atoms with Gasteiger partial charge >= 0.3 is 0 Å². The SMILES string of the molecule is FCCCC(F)Cc1ccccc1-c1ncccn1. The molecule has 0 aliphatic heterocycles. The largest absolute Gasteiger partial charge is 0.251 e. The number of nitrogens with zero attached hydrogens (tertiary/aromatic N) is 2. The predicted molar refractivity (Wildman–Crippen MR) is 71.3 cm³/mol. The van der Waals surface area contributed by atoms with Crippen molar-refractivity contribution in [2.24, 2.45) is 0 Å². The molecule has 1 atom stereocenters. The molecular weight excluding hydrogens is 246 g/mol. The van der Waals surface area contributed by atoms with Crippen LogP contribution in [0.4, 0.5) is 8.78 Å². The molecule has 0 saturated heterocycles. The van der Waals surface area contributed by atoms with E-state index < -0.39 is 12.8 Å². The third-order valence-electron chi connectivity index (χ3n) is 2.92. The maximum absolute atomic E-state index is 13.8. The van der Waals surface area contributed by atoms with E-state index in [1.54, 1.807) is 18.5 Å². The minimum absolute atomic E-state index is 0.250. The van der Waals surface area contributed by atoms with Crippen LogP contribution in [0.1, 0.15) is 18.4 Å². The van der Waals surface area contributed by atoms with Crippen molar-refractivity contribution in [1.82, 2.24) is 9.97 Å². The smallest absolute Gasteiger partial charge is 0.159 e. The van der Waals surface area contributed by atoms with Crippen LogP contribution in [0.25, 0.3) is 11.4 Å². The molecule has 0 aliphatic carbocycles. The summed E-state index contributed by atoms with van der Waals surface area (Å²) in [4.78, 5) is 8.37. The van der Waals surface area contributed by atoms with E-state index in [4.69, 9.17) is 0 Å². The summed E-state index contributed by atoms with van der Waals surface area (Å²) in [5.74, 6) is 0.593. The molecule has 0 amide bonds. The van der Waals surface area contributed by atoms with Crippen LogP contribution in [-0.2, 0) is 6.42 Å². The van der Waals surface area contributed by atoms with Crippen LogP contribution in [0.5, 0.6) is 0 Å². The Morgan fingerprint density at radius 1 is 1.05 bits per heavy atom. The first-order valence-corrected chi connectivity index (χ1v) is 6.36. The third-order valence-corrected chi connectivity index (χ3v) is 2.92. The molecule has 19 heavy (non-hydrogen) atoms. The Morgan fingerprint density at radius 2 is 1.79 bits per heavy atom. The van der Waals surface area contributed by atoms with Crippen molar-refractivity contribution >= 4 is 0 Å². The maximum Gasteiger partial charge on any atom is 0.159 e. The molecule has 0 aliphatic rings. The Balaban J connectivity index is 2.17. The average Bonchev–Trinajstić information content (AvgIpc) is 2.46. The fourth-order valence-corrected chi connectivity index (χ4v) is 1.99. The Labute approximate surface area is 111 Å². The van der Waals surface area contributed by atoms with Crippen molar-refractivity contribution in [3.05, 3.63) is 48.3 Å². The summed E-state index contributed by atoms with van der Waals surface area (Å²) in [6, 6.07) is 9.24. The van der Waals surface area contributed by atoms with Gasteiger partial charge in [-0.1, -0.05) is 24.3 Å². The quantitative estimate of drug-likeness (QED) is 0.791. The lowest BCUT2D eigenvalue weighted by Crippen LogP contribution is -2.06. The van der Waals surface area contributed by atoms with Crippen LogP contribution < -0.4 is 0 Å². The summed E-state index contributed by atoms with van der Waals surface area (Å²) in [6.07, 6.45) is 3.09. The number of rotatable bonds is 6. The fourth-order valence-electron chi connectivity index (χ4n) is 1.99. The van der Waals surface area contributed by atoms with Crippen molar-refractivity contribution in [3.63, 3.8) is 0 Å². The number of benzene rings is 1. The van der Waals surface area contributed by atoms with Crippen LogP contribution in [0, 0.1) is 0 Å². The predicted octanol–water partition coefficient (Wildman–Crippen LogP) is 3.77. The molecule has 2 aromatic rings. The molecule has 0 spiro atoms. The first-order valence-electron chi connectivity index (χ1n) is 6.36. The molecule has 0 N–H and O–H groups in total. The third kappa shape index (κ3) is 3.81. The molecule has 4 heteroatoms. The maximum atomic E-state index is 13.8. The molecule has 1 aromatic heterocycles. The van der Waals surface area contributed by atoms with Crippen molar-refractivity contribution in [1.29, 1.82) is 0 Å². The fraction of sp³-hybridized carbons (Fsp3) is 0.333. The highest BCUT2D eigenvalue weighted by Gasteiger charge is 2.12. The molecule has 1 aromatic carbocycles. The number of alkyl halides is 2. The van der Waals surface area contributed by atoms with Gasteiger partial charge in [-0.3, -0.25) is 4.39 Å². The van der Waals surface area contributed by atoms with Gasteiger partial charge in [0.2, 0.25) is 0 Å². The van der Waals surface area contributed by atoms with E-state index in [1.807, 2.05) is 24.3 Å². The zero-order chi connectivity index (χ0) is 13.5. The average molecular weight is 262 g/mol. The van der Waals surface area contributed by atoms with Gasteiger partial charge < -0.3 is 0 Å². The highest BCUT2D eigenvalue weighted by Crippen LogP contribution is 2.22. The Hall–Kier alpha value is -1.84. The number of aromatic nitrogens is 2. The molecule has 0 saturated carbocycles. The zero-order valence-electron chi connectivity index (χ0n) is 10.6. The van der Waals surface area contributed by atoms with E-state index in [-0.39, 0.29) is 19.3 Å². The van der Waals surface area contributed by atoms with Crippen molar-refractivity contribution in [3.8, 4) is 11.4 Å². The highest BCUT2D eigenvalue weighted by molar-refractivity contribution is 5.59. The van der Waals surface area contributed by atoms with Crippen LogP contribution >= 0.6 is 0 Å². The molecule has 1 unspecified atom stereocenters. The van der Waals surface area contributed by atoms with Crippen molar-refractivity contribution in [2.45, 2.75) is 25.4 Å². The minimum Gasteiger partial charge on any atom is -0.251 e. The first kappa shape index (κ1) is 13.6. The van der Waals surface area contributed by atoms with Gasteiger partial charge in [0, 0.05) is 24.4 Å². The number of hydrogen-bond acceptors (Lipinski definition) is 2. The van der Waals surface area contributed by atoms with Crippen molar-refractivity contribution in [2.75, 3.05) is 6.67 Å². The summed E-state index contributed by atoms with van der Waals surface area (Å²) in [5.41, 5.74) is 1.70. The highest BCUT2D eigenvalue weighted by atomic mass is 19.1. The summed E-state index contributed by atoms with van der Waals surface area (Å²) in [6.45, 7) is -0.468. The monoisotopic (exact) mass is 262 g/mol. The molecule has 2 rings (SSSR count). The second-order valence-corrected chi connectivity index (χ2v) is 4.36. The summed E-state index contributed by atoms with van der Waals surface area (Å²) in [5, 5.41) is 0. The van der Waals surface area contributed by atoms with Gasteiger partial charge in [0.1, 0.15) is 6.17 Å². The van der Waals surface area contributed by atoms with Crippen LogP contribution in [0.3, 0.4) is 0 Å². The molecule has 0 bridgehead atoms. The number of hydrogen-bond donors (Lipinski definition) is 0. The minimum atomic E-state index is -1.03. The van der Waals surface area contributed by atoms with E-state index in [2.05, 4.69) is 9.97 Å². The van der Waals surface area contributed by atoms with Gasteiger partial charge in [-0.25, -0.2) is 14.4 Å². The molecule has 1 heterocycles. The van der Waals surface area contributed by atoms with Crippen LogP contribution in [-0.4, -0.2) is 22.8 Å². The molecule has 0 radical (unpaired) electrons. The van der Waals surface area contributed by atoms with Crippen LogP contribution in [0.2, 0.25) is 0 Å². The van der Waals surface area contributed by atoms with E-state index in [0.29, 0.717) is 5.82 Å². The van der Waals surface area contributed by atoms with E-state index in [9.17, 15) is 8.78 Å². The first-order chi connectivity index (χ1) is 9.31. The van der Waals surface area contributed by atoms with E-state index in [1.165, 1.54) is 0 Å². The topological polar surface area (TPSA) is 25.8 Å².